The number of aliphatic carboxylic acids is 1. The number of carboxylic acids is 1. The summed E-state index contributed by atoms with van der Waals surface area (Å²) in [7, 11) is 0. The molecule has 0 radical (unpaired) electrons. The molecule has 0 spiro atoms. The van der Waals surface area contributed by atoms with Gasteiger partial charge in [0.05, 0.1) is 5.92 Å². The van der Waals surface area contributed by atoms with Crippen molar-refractivity contribution < 1.29 is 19.8 Å². The SMILES string of the molecule is O=C(O)C=CCCC1C(=O)C=CC=C1O. The molecule has 1 unspecified atom stereocenters. The zero-order valence-corrected chi connectivity index (χ0v) is 8.09. The normalized spacial score (nSPS) is 20.7. The Bertz CT molecular complexity index is 350. The predicted molar refractivity (Wildman–Crippen MR) is 54.4 cm³/mol. The van der Waals surface area contributed by atoms with Crippen molar-refractivity contribution in [1.29, 1.82) is 0 Å². The van der Waals surface area contributed by atoms with E-state index in [1.165, 1.54) is 24.3 Å². The summed E-state index contributed by atoms with van der Waals surface area (Å²) in [6.07, 6.45) is 7.77. The van der Waals surface area contributed by atoms with Gasteiger partial charge in [-0.1, -0.05) is 12.2 Å². The lowest BCUT2D eigenvalue weighted by Crippen LogP contribution is -2.16. The summed E-state index contributed by atoms with van der Waals surface area (Å²) in [4.78, 5) is 21.5. The van der Waals surface area contributed by atoms with Crippen LogP contribution in [0.2, 0.25) is 0 Å². The number of hydrogen-bond donors (Lipinski definition) is 2. The highest BCUT2D eigenvalue weighted by Crippen LogP contribution is 2.20. The van der Waals surface area contributed by atoms with Crippen molar-refractivity contribution in [2.75, 3.05) is 0 Å². The van der Waals surface area contributed by atoms with Crippen molar-refractivity contribution in [2.24, 2.45) is 5.92 Å². The zero-order chi connectivity index (χ0) is 11.3. The molecule has 1 rings (SSSR count). The van der Waals surface area contributed by atoms with E-state index in [2.05, 4.69) is 0 Å². The first-order valence-corrected chi connectivity index (χ1v) is 4.62. The third-order valence-corrected chi connectivity index (χ3v) is 2.11. The van der Waals surface area contributed by atoms with Crippen LogP contribution >= 0.6 is 0 Å². The highest BCUT2D eigenvalue weighted by atomic mass is 16.4. The molecule has 0 aliphatic heterocycles. The molecule has 4 nitrogen and oxygen atoms in total. The Morgan fingerprint density at radius 1 is 1.53 bits per heavy atom. The van der Waals surface area contributed by atoms with Gasteiger partial charge in [-0.25, -0.2) is 4.79 Å². The van der Waals surface area contributed by atoms with E-state index in [1.807, 2.05) is 0 Å². The van der Waals surface area contributed by atoms with Crippen molar-refractivity contribution in [3.63, 3.8) is 0 Å². The van der Waals surface area contributed by atoms with Gasteiger partial charge in [-0.3, -0.25) is 4.79 Å². The molecule has 0 aromatic heterocycles. The molecular weight excluding hydrogens is 196 g/mol. The monoisotopic (exact) mass is 208 g/mol. The lowest BCUT2D eigenvalue weighted by Gasteiger charge is -2.14. The van der Waals surface area contributed by atoms with Gasteiger partial charge in [0.25, 0.3) is 0 Å². The van der Waals surface area contributed by atoms with E-state index in [0.717, 1.165) is 6.08 Å². The molecule has 0 amide bonds. The minimum atomic E-state index is -1.01. The smallest absolute Gasteiger partial charge is 0.327 e. The van der Waals surface area contributed by atoms with E-state index >= 15 is 0 Å². The average Bonchev–Trinajstić information content (AvgIpc) is 2.15. The Morgan fingerprint density at radius 2 is 2.27 bits per heavy atom. The molecule has 0 fully saturated rings. The van der Waals surface area contributed by atoms with Crippen LogP contribution in [0.15, 0.2) is 36.1 Å². The van der Waals surface area contributed by atoms with Crippen molar-refractivity contribution in [3.05, 3.63) is 36.1 Å². The second kappa shape index (κ2) is 5.14. The summed E-state index contributed by atoms with van der Waals surface area (Å²) in [6, 6.07) is 0. The Morgan fingerprint density at radius 3 is 2.87 bits per heavy atom. The minimum Gasteiger partial charge on any atom is -0.512 e. The first kappa shape index (κ1) is 11.2. The average molecular weight is 208 g/mol. The Labute approximate surface area is 87.2 Å². The molecule has 0 saturated carbocycles. The number of ketones is 1. The van der Waals surface area contributed by atoms with E-state index < -0.39 is 11.9 Å². The third kappa shape index (κ3) is 3.42. The van der Waals surface area contributed by atoms with Gasteiger partial charge in [-0.15, -0.1) is 0 Å². The number of hydrogen-bond acceptors (Lipinski definition) is 3. The molecule has 80 valence electrons. The molecular formula is C11H12O4. The van der Waals surface area contributed by atoms with Crippen molar-refractivity contribution in [2.45, 2.75) is 12.8 Å². The fourth-order valence-electron chi connectivity index (χ4n) is 1.36. The number of carbonyl (C=O) groups excluding carboxylic acids is 1. The third-order valence-electron chi connectivity index (χ3n) is 2.11. The second-order valence-electron chi connectivity index (χ2n) is 3.22. The highest BCUT2D eigenvalue weighted by Gasteiger charge is 2.21. The summed E-state index contributed by atoms with van der Waals surface area (Å²) in [5.74, 6) is -1.62. The van der Waals surface area contributed by atoms with E-state index in [1.54, 1.807) is 0 Å². The quantitative estimate of drug-likeness (QED) is 0.688. The van der Waals surface area contributed by atoms with Gasteiger partial charge in [0, 0.05) is 6.08 Å². The van der Waals surface area contributed by atoms with Crippen molar-refractivity contribution in [3.8, 4) is 0 Å². The van der Waals surface area contributed by atoms with Crippen LogP contribution in [0.25, 0.3) is 0 Å². The summed E-state index contributed by atoms with van der Waals surface area (Å²) in [5.41, 5.74) is 0. The van der Waals surface area contributed by atoms with Crippen LogP contribution in [-0.2, 0) is 9.59 Å². The van der Waals surface area contributed by atoms with Crippen LogP contribution in [-0.4, -0.2) is 22.0 Å². The summed E-state index contributed by atoms with van der Waals surface area (Å²) in [6.45, 7) is 0. The van der Waals surface area contributed by atoms with Crippen LogP contribution in [0.1, 0.15) is 12.8 Å². The molecule has 1 aliphatic carbocycles. The Kier molecular flexibility index (Phi) is 3.85. The van der Waals surface area contributed by atoms with E-state index in [-0.39, 0.29) is 11.5 Å². The van der Waals surface area contributed by atoms with Crippen LogP contribution in [0.4, 0.5) is 0 Å². The van der Waals surface area contributed by atoms with Gasteiger partial charge in [-0.05, 0) is 25.0 Å². The maximum atomic E-state index is 11.3. The first-order valence-electron chi connectivity index (χ1n) is 4.62. The number of rotatable bonds is 4. The topological polar surface area (TPSA) is 74.6 Å². The number of aliphatic hydroxyl groups is 1. The van der Waals surface area contributed by atoms with Gasteiger partial charge in [0.1, 0.15) is 5.76 Å². The molecule has 0 aromatic carbocycles. The zero-order valence-electron chi connectivity index (χ0n) is 8.09. The van der Waals surface area contributed by atoms with Crippen LogP contribution in [0.3, 0.4) is 0 Å². The number of carboxylic acid groups (broad SMARTS) is 1. The molecule has 1 aliphatic rings. The fourth-order valence-corrected chi connectivity index (χ4v) is 1.36. The Hall–Kier alpha value is -1.84. The number of allylic oxidation sites excluding steroid dienone is 5. The van der Waals surface area contributed by atoms with Crippen LogP contribution < -0.4 is 0 Å². The van der Waals surface area contributed by atoms with Gasteiger partial charge in [0.15, 0.2) is 5.78 Å². The molecule has 4 heteroatoms. The van der Waals surface area contributed by atoms with Gasteiger partial charge in [-0.2, -0.15) is 0 Å². The molecule has 15 heavy (non-hydrogen) atoms. The van der Waals surface area contributed by atoms with Crippen LogP contribution in [0.5, 0.6) is 0 Å². The highest BCUT2D eigenvalue weighted by molar-refractivity contribution is 5.94. The molecule has 0 saturated heterocycles. The lowest BCUT2D eigenvalue weighted by molar-refractivity contribution is -0.131. The molecule has 0 bridgehead atoms. The maximum Gasteiger partial charge on any atom is 0.327 e. The number of aliphatic hydroxyl groups excluding tert-OH is 1. The molecule has 2 N–H and O–H groups in total. The summed E-state index contributed by atoms with van der Waals surface area (Å²) in [5, 5.41) is 17.7. The largest absolute Gasteiger partial charge is 0.512 e. The standard InChI is InChI=1S/C11H12O4/c12-9-5-3-6-10(13)8(9)4-1-2-7-11(14)15/h2-3,5-8,12H,1,4H2,(H,14,15). The maximum absolute atomic E-state index is 11.3. The van der Waals surface area contributed by atoms with Crippen LogP contribution in [0, 0.1) is 5.92 Å². The summed E-state index contributed by atoms with van der Waals surface area (Å²) >= 11 is 0. The predicted octanol–water partition coefficient (Wildman–Crippen LogP) is 1.60. The van der Waals surface area contributed by atoms with Gasteiger partial charge in [0.2, 0.25) is 0 Å². The van der Waals surface area contributed by atoms with Crippen molar-refractivity contribution in [1.82, 2.24) is 0 Å². The first-order chi connectivity index (χ1) is 7.11. The van der Waals surface area contributed by atoms with Crippen molar-refractivity contribution >= 4 is 11.8 Å². The minimum absolute atomic E-state index is 0.0474. The Balaban J connectivity index is 2.45. The van der Waals surface area contributed by atoms with Gasteiger partial charge < -0.3 is 10.2 Å². The van der Waals surface area contributed by atoms with Gasteiger partial charge >= 0.3 is 5.97 Å². The molecule has 0 heterocycles. The van der Waals surface area contributed by atoms with E-state index in [0.29, 0.717) is 12.8 Å². The number of carbonyl (C=O) groups is 2. The molecule has 0 aromatic rings. The molecule has 1 atom stereocenters. The fraction of sp³-hybridized carbons (Fsp3) is 0.273. The van der Waals surface area contributed by atoms with E-state index in [9.17, 15) is 14.7 Å². The summed E-state index contributed by atoms with van der Waals surface area (Å²) < 4.78 is 0. The second-order valence-corrected chi connectivity index (χ2v) is 3.22. The lowest BCUT2D eigenvalue weighted by atomic mass is 9.92. The van der Waals surface area contributed by atoms with E-state index in [4.69, 9.17) is 5.11 Å².